The molecule has 0 radical (unpaired) electrons. The van der Waals surface area contributed by atoms with Crippen LogP contribution in [0.15, 0.2) is 11.0 Å². The van der Waals surface area contributed by atoms with Gasteiger partial charge in [0.2, 0.25) is 11.4 Å². The van der Waals surface area contributed by atoms with Gasteiger partial charge in [-0.2, -0.15) is 5.10 Å². The van der Waals surface area contributed by atoms with Crippen molar-refractivity contribution < 1.29 is 25.2 Å². The molecule has 0 amide bonds. The monoisotopic (exact) mass is 312 g/mol. The molecule has 1 saturated heterocycles. The van der Waals surface area contributed by atoms with Gasteiger partial charge in [-0.05, 0) is 13.8 Å². The summed E-state index contributed by atoms with van der Waals surface area (Å²) in [6, 6.07) is 0. The van der Waals surface area contributed by atoms with Crippen LogP contribution in [0.25, 0.3) is 5.65 Å². The van der Waals surface area contributed by atoms with Crippen molar-refractivity contribution in [1.29, 1.82) is 0 Å². The lowest BCUT2D eigenvalue weighted by Gasteiger charge is -2.33. The van der Waals surface area contributed by atoms with Gasteiger partial charge in [0.05, 0.1) is 12.8 Å². The van der Waals surface area contributed by atoms with Gasteiger partial charge in [-0.3, -0.25) is 4.79 Å². The molecule has 120 valence electrons. The number of aliphatic hydroxyl groups excluding tert-OH is 2. The molecule has 0 aliphatic carbocycles. The third-order valence-electron chi connectivity index (χ3n) is 3.95. The minimum atomic E-state index is -2.40. The molecule has 4 atom stereocenters. The first-order valence-electron chi connectivity index (χ1n) is 6.59. The van der Waals surface area contributed by atoms with Crippen LogP contribution < -0.4 is 5.56 Å². The molecule has 10 nitrogen and oxygen atoms in total. The predicted octanol–water partition coefficient (Wildman–Crippen LogP) is -2.63. The van der Waals surface area contributed by atoms with Crippen molar-refractivity contribution in [3.8, 4) is 0 Å². The van der Waals surface area contributed by atoms with Crippen molar-refractivity contribution in [3.05, 3.63) is 28.1 Å². The van der Waals surface area contributed by atoms with Crippen molar-refractivity contribution >= 4 is 5.65 Å². The number of aromatic amines is 1. The lowest BCUT2D eigenvalue weighted by molar-refractivity contribution is -0.276. The van der Waals surface area contributed by atoms with Crippen LogP contribution in [0.3, 0.4) is 0 Å². The lowest BCUT2D eigenvalue weighted by Crippen LogP contribution is -2.53. The average molecular weight is 312 g/mol. The van der Waals surface area contributed by atoms with Crippen LogP contribution in [0.2, 0.25) is 0 Å². The van der Waals surface area contributed by atoms with Crippen LogP contribution >= 0.6 is 0 Å². The lowest BCUT2D eigenvalue weighted by atomic mass is 9.88. The topological polar surface area (TPSA) is 153 Å². The Balaban J connectivity index is 2.24. The van der Waals surface area contributed by atoms with Gasteiger partial charge in [0.25, 0.3) is 5.56 Å². The van der Waals surface area contributed by atoms with E-state index in [4.69, 9.17) is 4.74 Å². The number of fused-ring (bicyclic) bond motifs is 1. The summed E-state index contributed by atoms with van der Waals surface area (Å²) in [5.41, 5.74) is -2.90. The molecule has 0 unspecified atom stereocenters. The molecule has 0 bridgehead atoms. The van der Waals surface area contributed by atoms with E-state index in [1.807, 2.05) is 0 Å². The quantitative estimate of drug-likeness (QED) is 0.404. The van der Waals surface area contributed by atoms with Gasteiger partial charge in [-0.25, -0.2) is 9.50 Å². The molecule has 0 spiro atoms. The maximum Gasteiger partial charge on any atom is 0.294 e. The average Bonchev–Trinajstić information content (AvgIpc) is 2.93. The molecule has 22 heavy (non-hydrogen) atoms. The summed E-state index contributed by atoms with van der Waals surface area (Å²) in [6.45, 7) is 2.09. The summed E-state index contributed by atoms with van der Waals surface area (Å²) in [5, 5.41) is 44.5. The van der Waals surface area contributed by atoms with E-state index >= 15 is 0 Å². The summed E-state index contributed by atoms with van der Waals surface area (Å²) in [6.07, 6.45) is -1.62. The first-order valence-corrected chi connectivity index (χ1v) is 6.59. The minimum Gasteiger partial charge on any atom is -0.394 e. The maximum absolute atomic E-state index is 11.8. The van der Waals surface area contributed by atoms with E-state index in [1.54, 1.807) is 0 Å². The Bertz CT molecular complexity index is 784. The van der Waals surface area contributed by atoms with Crippen LogP contribution in [0.5, 0.6) is 0 Å². The van der Waals surface area contributed by atoms with Crippen LogP contribution in [0.4, 0.5) is 0 Å². The molecule has 2 aromatic rings. The minimum absolute atomic E-state index is 0.102. The fourth-order valence-corrected chi connectivity index (χ4v) is 2.65. The number of imidazole rings is 1. The summed E-state index contributed by atoms with van der Waals surface area (Å²) < 4.78 is 6.29. The number of hydrogen-bond acceptors (Lipinski definition) is 8. The van der Waals surface area contributed by atoms with Gasteiger partial charge in [-0.15, -0.1) is 0 Å². The number of aromatic nitrogens is 4. The highest BCUT2D eigenvalue weighted by Crippen LogP contribution is 2.44. The molecule has 0 saturated carbocycles. The summed E-state index contributed by atoms with van der Waals surface area (Å²) in [5.74, 6) is -2.14. The highest BCUT2D eigenvalue weighted by Gasteiger charge is 2.64. The van der Waals surface area contributed by atoms with Gasteiger partial charge in [0.15, 0.2) is 0 Å². The standard InChI is InChI=1S/C12H16N4O6/c1-5-14-10(19)9-13-3-7(16(9)15-5)12(21)11(2,20)8(18)6(4-17)22-12/h3,6,8,17-18,20-21H,4H2,1-2H3,(H,14,15,19)/t6-,8-,11-,12+/m1/s1. The Morgan fingerprint density at radius 1 is 1.50 bits per heavy atom. The predicted molar refractivity (Wildman–Crippen MR) is 70.8 cm³/mol. The molecule has 3 heterocycles. The third-order valence-corrected chi connectivity index (χ3v) is 3.95. The van der Waals surface area contributed by atoms with Crippen molar-refractivity contribution in [3.63, 3.8) is 0 Å². The van der Waals surface area contributed by atoms with E-state index in [2.05, 4.69) is 15.1 Å². The smallest absolute Gasteiger partial charge is 0.294 e. The SMILES string of the molecule is Cc1nn2c([C@]3(O)O[C@H](CO)[C@@H](O)[C@@]3(C)O)cnc2c(=O)[nH]1. The van der Waals surface area contributed by atoms with Gasteiger partial charge in [-0.1, -0.05) is 0 Å². The van der Waals surface area contributed by atoms with E-state index < -0.39 is 35.8 Å². The first-order chi connectivity index (χ1) is 10.2. The second-order valence-corrected chi connectivity index (χ2v) is 5.49. The van der Waals surface area contributed by atoms with E-state index in [9.17, 15) is 25.2 Å². The Morgan fingerprint density at radius 3 is 2.77 bits per heavy atom. The summed E-state index contributed by atoms with van der Waals surface area (Å²) >= 11 is 0. The number of nitrogens with zero attached hydrogens (tertiary/aromatic N) is 3. The van der Waals surface area contributed by atoms with Gasteiger partial charge in [0, 0.05) is 0 Å². The van der Waals surface area contributed by atoms with Crippen LogP contribution in [-0.4, -0.2) is 64.4 Å². The van der Waals surface area contributed by atoms with Crippen molar-refractivity contribution in [2.45, 2.75) is 37.4 Å². The number of hydrogen-bond donors (Lipinski definition) is 5. The van der Waals surface area contributed by atoms with E-state index in [1.165, 1.54) is 6.92 Å². The van der Waals surface area contributed by atoms with E-state index in [0.717, 1.165) is 17.6 Å². The number of ether oxygens (including phenoxy) is 1. The Morgan fingerprint density at radius 2 is 2.18 bits per heavy atom. The molecule has 0 aromatic carbocycles. The third kappa shape index (κ3) is 1.76. The molecular weight excluding hydrogens is 296 g/mol. The van der Waals surface area contributed by atoms with Crippen LogP contribution in [0.1, 0.15) is 18.4 Å². The molecule has 1 aliphatic rings. The van der Waals surface area contributed by atoms with Crippen molar-refractivity contribution in [2.75, 3.05) is 6.61 Å². The number of H-pyrrole nitrogens is 1. The van der Waals surface area contributed by atoms with Gasteiger partial charge < -0.3 is 30.1 Å². The number of aryl methyl sites for hydroxylation is 1. The Labute approximate surface area is 123 Å². The second-order valence-electron chi connectivity index (χ2n) is 5.49. The molecular formula is C12H16N4O6. The highest BCUT2D eigenvalue weighted by molar-refractivity contribution is 5.38. The molecule has 1 aliphatic heterocycles. The molecule has 3 rings (SSSR count). The van der Waals surface area contributed by atoms with Gasteiger partial charge >= 0.3 is 0 Å². The number of rotatable bonds is 2. The number of nitrogens with one attached hydrogen (secondary N) is 1. The molecule has 10 heteroatoms. The molecule has 1 fully saturated rings. The van der Waals surface area contributed by atoms with Crippen molar-refractivity contribution in [2.24, 2.45) is 0 Å². The summed E-state index contributed by atoms with van der Waals surface area (Å²) in [7, 11) is 0. The fourth-order valence-electron chi connectivity index (χ4n) is 2.65. The number of aliphatic hydroxyl groups is 4. The Kier molecular flexibility index (Phi) is 3.13. The highest BCUT2D eigenvalue weighted by atomic mass is 16.7. The second kappa shape index (κ2) is 4.57. The molecule has 5 N–H and O–H groups in total. The van der Waals surface area contributed by atoms with Gasteiger partial charge in [0.1, 0.15) is 29.3 Å². The van der Waals surface area contributed by atoms with Crippen LogP contribution in [0, 0.1) is 6.92 Å². The zero-order valence-electron chi connectivity index (χ0n) is 11.9. The molecule has 2 aromatic heterocycles. The van der Waals surface area contributed by atoms with Crippen LogP contribution in [-0.2, 0) is 10.5 Å². The zero-order valence-corrected chi connectivity index (χ0v) is 11.9. The van der Waals surface area contributed by atoms with E-state index in [-0.39, 0.29) is 17.2 Å². The normalized spacial score (nSPS) is 35.4. The van der Waals surface area contributed by atoms with Crippen molar-refractivity contribution in [1.82, 2.24) is 19.6 Å². The largest absolute Gasteiger partial charge is 0.394 e. The first kappa shape index (κ1) is 15.1. The fraction of sp³-hybridized carbons (Fsp3) is 0.583. The summed E-state index contributed by atoms with van der Waals surface area (Å²) in [4.78, 5) is 18.1. The maximum atomic E-state index is 11.8. The Hall–Kier alpha value is -1.85. The van der Waals surface area contributed by atoms with E-state index in [0.29, 0.717) is 0 Å². The zero-order chi connectivity index (χ0) is 16.3.